The summed E-state index contributed by atoms with van der Waals surface area (Å²) in [5.41, 5.74) is 1.92. The second-order valence-corrected chi connectivity index (χ2v) is 7.80. The quantitative estimate of drug-likeness (QED) is 0.531. The molecule has 1 aromatic heterocycles. The molecule has 0 aliphatic carbocycles. The van der Waals surface area contributed by atoms with Crippen LogP contribution in [0.25, 0.3) is 0 Å². The summed E-state index contributed by atoms with van der Waals surface area (Å²) < 4.78 is 0. The van der Waals surface area contributed by atoms with Gasteiger partial charge in [0.05, 0.1) is 0 Å². The van der Waals surface area contributed by atoms with E-state index in [1.54, 1.807) is 15.3 Å². The third-order valence-electron chi connectivity index (χ3n) is 3.40. The van der Waals surface area contributed by atoms with Crippen molar-refractivity contribution in [2.45, 2.75) is 85.0 Å². The zero-order chi connectivity index (χ0) is 13.8. The number of thiophene rings is 1. The minimum Gasteiger partial charge on any atom is -0.144 e. The van der Waals surface area contributed by atoms with Crippen molar-refractivity contribution in [1.29, 1.82) is 0 Å². The van der Waals surface area contributed by atoms with E-state index in [-0.39, 0.29) is 0 Å². The minimum absolute atomic E-state index is 0.302. The number of hydrogen-bond donors (Lipinski definition) is 0. The summed E-state index contributed by atoms with van der Waals surface area (Å²) in [6, 6.07) is 2.48. The van der Waals surface area contributed by atoms with Gasteiger partial charge in [-0.05, 0) is 35.8 Å². The monoisotopic (exact) mass is 266 g/mol. The van der Waals surface area contributed by atoms with E-state index in [1.165, 1.54) is 32.1 Å². The van der Waals surface area contributed by atoms with Gasteiger partial charge in [-0.25, -0.2) is 0 Å². The Kier molecular flexibility index (Phi) is 5.91. The first-order valence-corrected chi connectivity index (χ1v) is 8.31. The predicted molar refractivity (Wildman–Crippen MR) is 85.0 cm³/mol. The van der Waals surface area contributed by atoms with Crippen LogP contribution >= 0.6 is 11.3 Å². The summed E-state index contributed by atoms with van der Waals surface area (Å²) in [5, 5.41) is 0. The van der Waals surface area contributed by atoms with E-state index in [9.17, 15) is 0 Å². The van der Waals surface area contributed by atoms with Gasteiger partial charge in [-0.2, -0.15) is 0 Å². The molecule has 1 heterocycles. The van der Waals surface area contributed by atoms with Crippen LogP contribution in [0.4, 0.5) is 0 Å². The maximum absolute atomic E-state index is 2.48. The molecule has 1 heteroatoms. The number of rotatable bonds is 6. The van der Waals surface area contributed by atoms with Crippen LogP contribution in [0.5, 0.6) is 0 Å². The fourth-order valence-electron chi connectivity index (χ4n) is 2.24. The Bertz CT molecular complexity index is 352. The van der Waals surface area contributed by atoms with Gasteiger partial charge in [0.15, 0.2) is 0 Å². The Morgan fingerprint density at radius 3 is 2.28 bits per heavy atom. The van der Waals surface area contributed by atoms with Crippen molar-refractivity contribution in [1.82, 2.24) is 0 Å². The molecule has 0 radical (unpaired) electrons. The molecule has 0 fully saturated rings. The molecule has 1 aromatic rings. The van der Waals surface area contributed by atoms with Gasteiger partial charge < -0.3 is 0 Å². The molecule has 0 aliphatic rings. The van der Waals surface area contributed by atoms with Crippen molar-refractivity contribution in [3.63, 3.8) is 0 Å². The molecule has 0 amide bonds. The molecule has 0 nitrogen and oxygen atoms in total. The fraction of sp³-hybridized carbons (Fsp3) is 0.765. The fourth-order valence-corrected chi connectivity index (χ4v) is 3.51. The van der Waals surface area contributed by atoms with Crippen LogP contribution in [-0.4, -0.2) is 0 Å². The van der Waals surface area contributed by atoms with Crippen LogP contribution in [0.3, 0.4) is 0 Å². The van der Waals surface area contributed by atoms with Gasteiger partial charge >= 0.3 is 0 Å². The lowest BCUT2D eigenvalue weighted by Gasteiger charge is -2.15. The lowest BCUT2D eigenvalue weighted by molar-refractivity contribution is 0.602. The van der Waals surface area contributed by atoms with Gasteiger partial charge in [0.1, 0.15) is 0 Å². The van der Waals surface area contributed by atoms with E-state index in [1.807, 2.05) is 11.3 Å². The molecular formula is C17H30S. The second-order valence-electron chi connectivity index (χ2n) is 6.72. The normalized spacial score (nSPS) is 12.4. The Hall–Kier alpha value is -0.300. The Balaban J connectivity index is 2.78. The van der Waals surface area contributed by atoms with E-state index in [4.69, 9.17) is 0 Å². The Morgan fingerprint density at radius 2 is 1.78 bits per heavy atom. The van der Waals surface area contributed by atoms with E-state index >= 15 is 0 Å². The summed E-state index contributed by atoms with van der Waals surface area (Å²) >= 11 is 2.04. The topological polar surface area (TPSA) is 0 Å². The highest BCUT2D eigenvalue weighted by Crippen LogP contribution is 2.36. The molecule has 1 rings (SSSR count). The third kappa shape index (κ3) is 4.42. The standard InChI is InChI=1S/C17H30S/c1-7-8-9-10-11-14-12-15(17(4,5)6)18-16(14)13(2)3/h12-13H,7-11H2,1-6H3. The van der Waals surface area contributed by atoms with Crippen molar-refractivity contribution in [3.8, 4) is 0 Å². The smallest absolute Gasteiger partial charge is 0.0106 e. The first-order chi connectivity index (χ1) is 8.36. The second kappa shape index (κ2) is 6.75. The van der Waals surface area contributed by atoms with Gasteiger partial charge in [0.2, 0.25) is 0 Å². The molecule has 18 heavy (non-hydrogen) atoms. The van der Waals surface area contributed by atoms with E-state index in [2.05, 4.69) is 47.6 Å². The molecule has 0 unspecified atom stereocenters. The number of aryl methyl sites for hydroxylation is 1. The first-order valence-electron chi connectivity index (χ1n) is 7.49. The van der Waals surface area contributed by atoms with Crippen LogP contribution in [0, 0.1) is 0 Å². The maximum atomic E-state index is 2.48. The first kappa shape index (κ1) is 15.8. The van der Waals surface area contributed by atoms with Gasteiger partial charge in [0, 0.05) is 9.75 Å². The van der Waals surface area contributed by atoms with Crippen LogP contribution in [0.2, 0.25) is 0 Å². The molecule has 0 spiro atoms. The van der Waals surface area contributed by atoms with Gasteiger partial charge in [-0.1, -0.05) is 60.8 Å². The summed E-state index contributed by atoms with van der Waals surface area (Å²) in [6.07, 6.45) is 6.73. The van der Waals surface area contributed by atoms with E-state index < -0.39 is 0 Å². The summed E-state index contributed by atoms with van der Waals surface area (Å²) in [4.78, 5) is 3.17. The minimum atomic E-state index is 0.302. The average Bonchev–Trinajstić information content (AvgIpc) is 2.68. The van der Waals surface area contributed by atoms with Crippen molar-refractivity contribution in [2.24, 2.45) is 0 Å². The van der Waals surface area contributed by atoms with Gasteiger partial charge in [-0.15, -0.1) is 11.3 Å². The number of unbranched alkanes of at least 4 members (excludes halogenated alkanes) is 3. The third-order valence-corrected chi connectivity index (χ3v) is 5.31. The van der Waals surface area contributed by atoms with Crippen LogP contribution in [0.15, 0.2) is 6.07 Å². The molecule has 0 saturated heterocycles. The lowest BCUT2D eigenvalue weighted by atomic mass is 9.93. The maximum Gasteiger partial charge on any atom is 0.0106 e. The molecule has 0 aromatic carbocycles. The Labute approximate surface area is 118 Å². The van der Waals surface area contributed by atoms with E-state index in [0.29, 0.717) is 11.3 Å². The lowest BCUT2D eigenvalue weighted by Crippen LogP contribution is -2.08. The molecule has 0 aliphatic heterocycles. The van der Waals surface area contributed by atoms with Crippen LogP contribution in [0.1, 0.15) is 88.5 Å². The zero-order valence-corrected chi connectivity index (χ0v) is 13.9. The van der Waals surface area contributed by atoms with Crippen molar-refractivity contribution < 1.29 is 0 Å². The summed E-state index contributed by atoms with van der Waals surface area (Å²) in [6.45, 7) is 13.9. The highest BCUT2D eigenvalue weighted by molar-refractivity contribution is 7.12. The summed E-state index contributed by atoms with van der Waals surface area (Å²) in [5.74, 6) is 0.673. The van der Waals surface area contributed by atoms with Gasteiger partial charge in [0.25, 0.3) is 0 Å². The van der Waals surface area contributed by atoms with Crippen LogP contribution in [-0.2, 0) is 11.8 Å². The van der Waals surface area contributed by atoms with E-state index in [0.717, 1.165) is 0 Å². The van der Waals surface area contributed by atoms with Crippen LogP contribution < -0.4 is 0 Å². The van der Waals surface area contributed by atoms with Gasteiger partial charge in [-0.3, -0.25) is 0 Å². The SMILES string of the molecule is CCCCCCc1cc(C(C)(C)C)sc1C(C)C. The molecule has 0 saturated carbocycles. The highest BCUT2D eigenvalue weighted by atomic mass is 32.1. The number of hydrogen-bond acceptors (Lipinski definition) is 1. The average molecular weight is 266 g/mol. The molecule has 0 atom stereocenters. The molecule has 104 valence electrons. The van der Waals surface area contributed by atoms with Crippen molar-refractivity contribution in [3.05, 3.63) is 21.4 Å². The van der Waals surface area contributed by atoms with Crippen molar-refractivity contribution in [2.75, 3.05) is 0 Å². The zero-order valence-electron chi connectivity index (χ0n) is 13.1. The highest BCUT2D eigenvalue weighted by Gasteiger charge is 2.20. The van der Waals surface area contributed by atoms with Crippen molar-refractivity contribution >= 4 is 11.3 Å². The summed E-state index contributed by atoms with van der Waals surface area (Å²) in [7, 11) is 0. The Morgan fingerprint density at radius 1 is 1.11 bits per heavy atom. The largest absolute Gasteiger partial charge is 0.144 e. The molecule has 0 N–H and O–H groups in total. The molecular weight excluding hydrogens is 236 g/mol. The predicted octanol–water partition coefficient (Wildman–Crippen LogP) is 6.29. The molecule has 0 bridgehead atoms.